The van der Waals surface area contributed by atoms with E-state index >= 15 is 0 Å². The van der Waals surface area contributed by atoms with Crippen molar-refractivity contribution in [2.24, 2.45) is 0 Å². The summed E-state index contributed by atoms with van der Waals surface area (Å²) in [5, 5.41) is 0. The number of pyridine rings is 1. The van der Waals surface area contributed by atoms with Gasteiger partial charge < -0.3 is 14.2 Å². The number of rotatable bonds is 6. The highest BCUT2D eigenvalue weighted by molar-refractivity contribution is 5.76. The normalized spacial score (nSPS) is 17.2. The number of unbranched alkanes of at least 4 members (excludes halogenated alkanes) is 1. The van der Waals surface area contributed by atoms with E-state index in [0.717, 1.165) is 30.8 Å². The molecule has 0 bridgehead atoms. The van der Waals surface area contributed by atoms with Crippen molar-refractivity contribution in [3.63, 3.8) is 0 Å². The minimum atomic E-state index is -0.0264. The van der Waals surface area contributed by atoms with Gasteiger partial charge in [0.25, 0.3) is 0 Å². The molecule has 0 radical (unpaired) electrons. The molecule has 1 unspecified atom stereocenters. The lowest BCUT2D eigenvalue weighted by Gasteiger charge is -2.24. The van der Waals surface area contributed by atoms with Crippen LogP contribution in [0.25, 0.3) is 0 Å². The van der Waals surface area contributed by atoms with Crippen LogP contribution in [0.1, 0.15) is 43.3 Å². The van der Waals surface area contributed by atoms with Gasteiger partial charge in [-0.25, -0.2) is 0 Å². The summed E-state index contributed by atoms with van der Waals surface area (Å²) in [5.41, 5.74) is 3.09. The summed E-state index contributed by atoms with van der Waals surface area (Å²) in [4.78, 5) is 19.0. The molecule has 5 heteroatoms. The van der Waals surface area contributed by atoms with Gasteiger partial charge in [-0.15, -0.1) is 0 Å². The molecule has 1 atom stereocenters. The Balaban J connectivity index is 1.68. The van der Waals surface area contributed by atoms with Crippen LogP contribution in [-0.4, -0.2) is 33.0 Å². The fourth-order valence-electron chi connectivity index (χ4n) is 3.22. The molecule has 1 aliphatic heterocycles. The third kappa shape index (κ3) is 4.69. The van der Waals surface area contributed by atoms with Crippen LogP contribution in [-0.2, 0) is 29.2 Å². The Hall–Kier alpha value is -2.14. The first-order chi connectivity index (χ1) is 12.2. The summed E-state index contributed by atoms with van der Waals surface area (Å²) in [6.45, 7) is 6.64. The number of aryl methyl sites for hydroxylation is 1. The number of carbonyl (C=O) groups excluding carboxylic acids is 1. The molecule has 1 amide bonds. The molecule has 0 aromatic carbocycles. The molecule has 3 heterocycles. The minimum absolute atomic E-state index is 0.0264. The summed E-state index contributed by atoms with van der Waals surface area (Å²) >= 11 is 0. The third-order valence-corrected chi connectivity index (χ3v) is 4.61. The zero-order valence-corrected chi connectivity index (χ0v) is 15.1. The lowest BCUT2D eigenvalue weighted by Crippen LogP contribution is -2.37. The van der Waals surface area contributed by atoms with Crippen molar-refractivity contribution >= 4 is 5.91 Å². The molecule has 3 rings (SSSR count). The molecule has 0 fully saturated rings. The fourth-order valence-corrected chi connectivity index (χ4v) is 3.22. The van der Waals surface area contributed by atoms with Gasteiger partial charge in [0.1, 0.15) is 0 Å². The topological polar surface area (TPSA) is 47.4 Å². The van der Waals surface area contributed by atoms with Crippen LogP contribution < -0.4 is 0 Å². The lowest BCUT2D eigenvalue weighted by molar-refractivity contribution is -0.134. The predicted octanol–water partition coefficient (Wildman–Crippen LogP) is 3.31. The van der Waals surface area contributed by atoms with E-state index < -0.39 is 0 Å². The van der Waals surface area contributed by atoms with Gasteiger partial charge in [-0.1, -0.05) is 19.4 Å². The summed E-state index contributed by atoms with van der Waals surface area (Å²) in [5.74, 6) is 0.221. The Morgan fingerprint density at radius 3 is 2.96 bits per heavy atom. The Morgan fingerprint density at radius 1 is 1.28 bits per heavy atom. The molecule has 0 aliphatic carbocycles. The molecular weight excluding hydrogens is 314 g/mol. The molecule has 2 aromatic heterocycles. The Morgan fingerprint density at radius 2 is 2.16 bits per heavy atom. The van der Waals surface area contributed by atoms with E-state index in [9.17, 15) is 4.79 Å². The van der Waals surface area contributed by atoms with Crippen LogP contribution in [0.3, 0.4) is 0 Å². The van der Waals surface area contributed by atoms with Crippen LogP contribution in [0.4, 0.5) is 0 Å². The Labute approximate surface area is 149 Å². The molecule has 2 aromatic rings. The predicted molar refractivity (Wildman–Crippen MR) is 96.9 cm³/mol. The summed E-state index contributed by atoms with van der Waals surface area (Å²) in [6.07, 6.45) is 4.63. The van der Waals surface area contributed by atoms with Crippen molar-refractivity contribution in [3.05, 3.63) is 53.6 Å². The number of ether oxygens (including phenoxy) is 1. The van der Waals surface area contributed by atoms with E-state index in [4.69, 9.17) is 4.74 Å². The highest BCUT2D eigenvalue weighted by Crippen LogP contribution is 2.17. The number of aromatic nitrogens is 2. The quantitative estimate of drug-likeness (QED) is 0.810. The molecule has 134 valence electrons. The van der Waals surface area contributed by atoms with Crippen LogP contribution in [0, 0.1) is 6.92 Å². The van der Waals surface area contributed by atoms with Crippen molar-refractivity contribution < 1.29 is 9.53 Å². The molecule has 0 spiro atoms. The van der Waals surface area contributed by atoms with Gasteiger partial charge >= 0.3 is 0 Å². The van der Waals surface area contributed by atoms with Crippen molar-refractivity contribution in [1.29, 1.82) is 0 Å². The first-order valence-corrected chi connectivity index (χ1v) is 9.11. The van der Waals surface area contributed by atoms with E-state index in [2.05, 4.69) is 28.7 Å². The van der Waals surface area contributed by atoms with Gasteiger partial charge in [-0.05, 0) is 37.6 Å². The summed E-state index contributed by atoms with van der Waals surface area (Å²) < 4.78 is 8.33. The van der Waals surface area contributed by atoms with Gasteiger partial charge in [0.2, 0.25) is 5.91 Å². The van der Waals surface area contributed by atoms with E-state index in [1.54, 1.807) is 0 Å². The lowest BCUT2D eigenvalue weighted by atomic mass is 10.2. The second-order valence-corrected chi connectivity index (χ2v) is 6.73. The molecule has 25 heavy (non-hydrogen) atoms. The number of amides is 1. The van der Waals surface area contributed by atoms with Crippen molar-refractivity contribution in [2.75, 3.05) is 6.54 Å². The number of hydrogen-bond acceptors (Lipinski definition) is 3. The number of hydrogen-bond donors (Lipinski definition) is 0. The van der Waals surface area contributed by atoms with E-state index in [-0.39, 0.29) is 12.0 Å². The summed E-state index contributed by atoms with van der Waals surface area (Å²) in [7, 11) is 0. The molecule has 5 nitrogen and oxygen atoms in total. The number of carbonyl (C=O) groups is 1. The van der Waals surface area contributed by atoms with Crippen molar-refractivity contribution in [3.8, 4) is 0 Å². The second kappa shape index (κ2) is 8.30. The van der Waals surface area contributed by atoms with E-state index in [1.807, 2.05) is 36.1 Å². The van der Waals surface area contributed by atoms with E-state index in [0.29, 0.717) is 26.1 Å². The monoisotopic (exact) mass is 341 g/mol. The fraction of sp³-hybridized carbons (Fsp3) is 0.500. The molecule has 1 aliphatic rings. The smallest absolute Gasteiger partial charge is 0.223 e. The molecule has 0 N–H and O–H groups in total. The van der Waals surface area contributed by atoms with Crippen LogP contribution >= 0.6 is 0 Å². The zero-order chi connectivity index (χ0) is 17.6. The SMILES string of the molecule is CCCCC(=O)N1Cc2cccn2CC(OCc2cccc(C)n2)C1. The van der Waals surface area contributed by atoms with Gasteiger partial charge in [-0.3, -0.25) is 9.78 Å². The Bertz CT molecular complexity index is 710. The first kappa shape index (κ1) is 17.7. The molecule has 0 saturated heterocycles. The maximum Gasteiger partial charge on any atom is 0.223 e. The standard InChI is InChI=1S/C20H27N3O2/c1-3-4-10-20(24)23-12-18-9-6-11-22(18)13-19(14-23)25-15-17-8-5-7-16(2)21-17/h5-9,11,19H,3-4,10,12-15H2,1-2H3. The average Bonchev–Trinajstić information content (AvgIpc) is 2.96. The van der Waals surface area contributed by atoms with Crippen LogP contribution in [0.5, 0.6) is 0 Å². The number of fused-ring (bicyclic) bond motifs is 1. The van der Waals surface area contributed by atoms with Crippen molar-refractivity contribution in [2.45, 2.75) is 58.9 Å². The maximum absolute atomic E-state index is 12.6. The summed E-state index contributed by atoms with van der Waals surface area (Å²) in [6, 6.07) is 10.1. The zero-order valence-electron chi connectivity index (χ0n) is 15.1. The average molecular weight is 341 g/mol. The Kier molecular flexibility index (Phi) is 5.87. The van der Waals surface area contributed by atoms with E-state index in [1.165, 1.54) is 5.69 Å². The first-order valence-electron chi connectivity index (χ1n) is 9.11. The highest BCUT2D eigenvalue weighted by Gasteiger charge is 2.25. The molecule has 0 saturated carbocycles. The van der Waals surface area contributed by atoms with Crippen LogP contribution in [0.15, 0.2) is 36.5 Å². The number of nitrogens with zero attached hydrogens (tertiary/aromatic N) is 3. The van der Waals surface area contributed by atoms with Gasteiger partial charge in [0.05, 0.1) is 31.5 Å². The van der Waals surface area contributed by atoms with Crippen LogP contribution in [0.2, 0.25) is 0 Å². The molecular formula is C20H27N3O2. The van der Waals surface area contributed by atoms with Crippen molar-refractivity contribution in [1.82, 2.24) is 14.5 Å². The third-order valence-electron chi connectivity index (χ3n) is 4.61. The van der Waals surface area contributed by atoms with Gasteiger partial charge in [0, 0.05) is 30.6 Å². The second-order valence-electron chi connectivity index (χ2n) is 6.73. The minimum Gasteiger partial charge on any atom is -0.368 e. The van der Waals surface area contributed by atoms with Gasteiger partial charge in [-0.2, -0.15) is 0 Å². The maximum atomic E-state index is 12.6. The van der Waals surface area contributed by atoms with Gasteiger partial charge in [0.15, 0.2) is 0 Å². The largest absolute Gasteiger partial charge is 0.368 e. The highest BCUT2D eigenvalue weighted by atomic mass is 16.5.